The molecule has 0 unspecified atom stereocenters. The molecule has 1 fully saturated rings. The molecule has 1 saturated heterocycles. The molecule has 0 atom stereocenters. The Hall–Kier alpha value is -2.35. The van der Waals surface area contributed by atoms with Crippen molar-refractivity contribution in [3.05, 3.63) is 68.3 Å². The summed E-state index contributed by atoms with van der Waals surface area (Å²) in [6.45, 7) is 3.43. The number of aromatic nitrogens is 1. The Balaban J connectivity index is 1.43. The second-order valence-corrected chi connectivity index (χ2v) is 8.04. The zero-order chi connectivity index (χ0) is 19.7. The number of fused-ring (bicyclic) bond motifs is 1. The summed E-state index contributed by atoms with van der Waals surface area (Å²) in [5.74, 6) is 1.05. The second-order valence-electron chi connectivity index (χ2n) is 6.42. The molecule has 0 amide bonds. The van der Waals surface area contributed by atoms with Crippen molar-refractivity contribution in [3.8, 4) is 0 Å². The van der Waals surface area contributed by atoms with Crippen molar-refractivity contribution in [1.29, 1.82) is 0 Å². The highest BCUT2D eigenvalue weighted by molar-refractivity contribution is 7.13. The summed E-state index contributed by atoms with van der Waals surface area (Å²) >= 11 is 13.7. The Morgan fingerprint density at radius 2 is 1.86 bits per heavy atom. The topological polar surface area (TPSA) is 62.5 Å². The predicted octanol–water partition coefficient (Wildman–Crippen LogP) is 5.30. The number of hydrogen-bond acceptors (Lipinski definition) is 6. The van der Waals surface area contributed by atoms with E-state index < -0.39 is 4.92 Å². The monoisotopic (exact) mass is 434 g/mol. The molecule has 2 heterocycles. The fourth-order valence-electron chi connectivity index (χ4n) is 3.19. The molecule has 0 aliphatic carbocycles. The number of hydrogen-bond donors (Lipinski definition) is 0. The normalized spacial score (nSPS) is 14.9. The van der Waals surface area contributed by atoms with Crippen molar-refractivity contribution in [3.63, 3.8) is 0 Å². The maximum Gasteiger partial charge on any atom is 0.289 e. The summed E-state index contributed by atoms with van der Waals surface area (Å²) in [6, 6.07) is 11.1. The summed E-state index contributed by atoms with van der Waals surface area (Å²) in [5, 5.41) is 12.5. The van der Waals surface area contributed by atoms with Crippen LogP contribution in [0.4, 0.5) is 11.5 Å². The van der Waals surface area contributed by atoms with Gasteiger partial charge in [-0.3, -0.25) is 10.1 Å². The van der Waals surface area contributed by atoms with Crippen molar-refractivity contribution >= 4 is 62.4 Å². The third kappa shape index (κ3) is 3.78. The van der Waals surface area contributed by atoms with Crippen molar-refractivity contribution in [2.24, 2.45) is 0 Å². The zero-order valence-electron chi connectivity index (χ0n) is 14.7. The van der Waals surface area contributed by atoms with Crippen LogP contribution in [0.1, 0.15) is 5.56 Å². The van der Waals surface area contributed by atoms with Gasteiger partial charge in [0.2, 0.25) is 0 Å². The van der Waals surface area contributed by atoms with E-state index in [1.165, 1.54) is 33.8 Å². The summed E-state index contributed by atoms with van der Waals surface area (Å²) in [7, 11) is 0. The van der Waals surface area contributed by atoms with Gasteiger partial charge in [0.15, 0.2) is 0 Å². The van der Waals surface area contributed by atoms with Crippen molar-refractivity contribution < 1.29 is 4.92 Å². The van der Waals surface area contributed by atoms with Gasteiger partial charge in [-0.15, -0.1) is 0 Å². The summed E-state index contributed by atoms with van der Waals surface area (Å²) in [4.78, 5) is 14.9. The van der Waals surface area contributed by atoms with Gasteiger partial charge in [0, 0.05) is 37.6 Å². The van der Waals surface area contributed by atoms with Gasteiger partial charge in [0.05, 0.1) is 14.6 Å². The molecule has 0 spiro atoms. The first-order valence-corrected chi connectivity index (χ1v) is 10.2. The fourth-order valence-corrected chi connectivity index (χ4v) is 4.45. The van der Waals surface area contributed by atoms with E-state index in [1.54, 1.807) is 0 Å². The Kier molecular flexibility index (Phi) is 5.39. The van der Waals surface area contributed by atoms with Gasteiger partial charge < -0.3 is 9.80 Å². The lowest BCUT2D eigenvalue weighted by Gasteiger charge is -2.34. The van der Waals surface area contributed by atoms with Crippen LogP contribution in [0.25, 0.3) is 16.2 Å². The minimum Gasteiger partial charge on any atom is -0.374 e. The molecule has 1 aromatic heterocycles. The first-order valence-electron chi connectivity index (χ1n) is 8.68. The van der Waals surface area contributed by atoms with E-state index in [9.17, 15) is 10.1 Å². The van der Waals surface area contributed by atoms with Crippen LogP contribution in [0, 0.1) is 10.1 Å². The number of halogens is 2. The fraction of sp³-hybridized carbons (Fsp3) is 0.211. The van der Waals surface area contributed by atoms with Crippen LogP contribution in [0.2, 0.25) is 10.0 Å². The molecule has 144 valence electrons. The molecule has 0 radical (unpaired) electrons. The minimum absolute atomic E-state index is 0.0780. The van der Waals surface area contributed by atoms with Gasteiger partial charge >= 0.3 is 0 Å². The molecule has 6 nitrogen and oxygen atoms in total. The quantitative estimate of drug-likeness (QED) is 0.411. The number of rotatable bonds is 4. The van der Waals surface area contributed by atoms with Gasteiger partial charge in [-0.25, -0.2) is 0 Å². The van der Waals surface area contributed by atoms with E-state index in [4.69, 9.17) is 23.2 Å². The molecule has 1 aliphatic heterocycles. The van der Waals surface area contributed by atoms with E-state index in [0.29, 0.717) is 10.6 Å². The van der Waals surface area contributed by atoms with E-state index in [0.717, 1.165) is 32.0 Å². The van der Waals surface area contributed by atoms with Gasteiger partial charge in [-0.2, -0.15) is 4.37 Å². The first-order chi connectivity index (χ1) is 13.5. The van der Waals surface area contributed by atoms with Crippen LogP contribution < -0.4 is 4.90 Å². The number of nitrogens with zero attached hydrogens (tertiary/aromatic N) is 4. The van der Waals surface area contributed by atoms with Crippen LogP contribution in [-0.4, -0.2) is 40.4 Å². The number of anilines is 1. The molecule has 3 aromatic rings. The number of piperazine rings is 1. The maximum absolute atomic E-state index is 10.9. The van der Waals surface area contributed by atoms with Crippen LogP contribution in [0.3, 0.4) is 0 Å². The molecule has 0 saturated carbocycles. The predicted molar refractivity (Wildman–Crippen MR) is 116 cm³/mol. The van der Waals surface area contributed by atoms with Gasteiger partial charge in [-0.1, -0.05) is 35.3 Å². The molecule has 9 heteroatoms. The highest BCUT2D eigenvalue weighted by atomic mass is 35.5. The highest BCUT2D eigenvalue weighted by Crippen LogP contribution is 2.32. The van der Waals surface area contributed by atoms with E-state index in [2.05, 4.69) is 26.3 Å². The summed E-state index contributed by atoms with van der Waals surface area (Å²) in [5.41, 5.74) is 0.470. The third-order valence-corrected chi connectivity index (χ3v) is 6.15. The zero-order valence-corrected chi connectivity index (χ0v) is 17.0. The van der Waals surface area contributed by atoms with Gasteiger partial charge in [0.1, 0.15) is 10.8 Å². The smallest absolute Gasteiger partial charge is 0.289 e. The summed E-state index contributed by atoms with van der Waals surface area (Å²) < 4.78 is 5.82. The Bertz CT molecular complexity index is 1060. The molecular formula is C19H16Cl2N4O2S. The lowest BCUT2D eigenvalue weighted by molar-refractivity contribution is -0.384. The minimum atomic E-state index is -0.539. The Morgan fingerprint density at radius 1 is 1.11 bits per heavy atom. The van der Waals surface area contributed by atoms with Crippen molar-refractivity contribution in [1.82, 2.24) is 9.27 Å². The molecule has 4 rings (SSSR count). The number of nitro groups is 1. The summed E-state index contributed by atoms with van der Waals surface area (Å²) in [6.07, 6.45) is 3.80. The highest BCUT2D eigenvalue weighted by Gasteiger charge is 2.19. The lowest BCUT2D eigenvalue weighted by Crippen LogP contribution is -2.44. The second kappa shape index (κ2) is 7.95. The number of benzene rings is 2. The van der Waals surface area contributed by atoms with E-state index in [1.807, 2.05) is 24.4 Å². The molecule has 1 aliphatic rings. The molecule has 28 heavy (non-hydrogen) atoms. The van der Waals surface area contributed by atoms with Crippen molar-refractivity contribution in [2.75, 3.05) is 31.1 Å². The van der Waals surface area contributed by atoms with Crippen LogP contribution >= 0.6 is 34.7 Å². The molecule has 2 aromatic carbocycles. The Morgan fingerprint density at radius 3 is 2.61 bits per heavy atom. The number of nitro benzene ring substituents is 1. The first kappa shape index (κ1) is 19.0. The van der Waals surface area contributed by atoms with Gasteiger partial charge in [-0.05, 0) is 47.6 Å². The van der Waals surface area contributed by atoms with Crippen LogP contribution in [-0.2, 0) is 0 Å². The van der Waals surface area contributed by atoms with Gasteiger partial charge in [0.25, 0.3) is 5.69 Å². The average Bonchev–Trinajstić information content (AvgIpc) is 3.12. The molecule has 0 bridgehead atoms. The molecular weight excluding hydrogens is 419 g/mol. The van der Waals surface area contributed by atoms with Crippen LogP contribution in [0.15, 0.2) is 42.6 Å². The SMILES string of the molecule is O=[N+]([O-])c1cc(Cl)c(C=CN2CCN(c3nsc4ccccc34)CC2)cc1Cl. The maximum atomic E-state index is 10.9. The molecule has 0 N–H and O–H groups in total. The third-order valence-electron chi connectivity index (χ3n) is 4.70. The van der Waals surface area contributed by atoms with Crippen molar-refractivity contribution in [2.45, 2.75) is 0 Å². The standard InChI is InChI=1S/C19H16Cl2N4O2S/c20-15-12-17(25(26)27)16(21)11-13(15)5-6-23-7-9-24(10-8-23)19-14-3-1-2-4-18(14)28-22-19/h1-6,11-12H,7-10H2. The van der Waals surface area contributed by atoms with E-state index >= 15 is 0 Å². The average molecular weight is 435 g/mol. The van der Waals surface area contributed by atoms with E-state index in [-0.39, 0.29) is 10.7 Å². The van der Waals surface area contributed by atoms with Crippen LogP contribution in [0.5, 0.6) is 0 Å². The Labute approximate surface area is 175 Å². The largest absolute Gasteiger partial charge is 0.374 e. The lowest BCUT2D eigenvalue weighted by atomic mass is 10.2.